The molecule has 0 saturated heterocycles. The van der Waals surface area contributed by atoms with Gasteiger partial charge in [0.15, 0.2) is 0 Å². The smallest absolute Gasteiger partial charge is 0.240 e. The molecule has 1 aromatic heterocycles. The summed E-state index contributed by atoms with van der Waals surface area (Å²) in [5.41, 5.74) is 2.01. The Balaban J connectivity index is 1.97. The largest absolute Gasteiger partial charge is 0.444 e. The maximum absolute atomic E-state index is 12.0. The highest BCUT2D eigenvalue weighted by Gasteiger charge is 2.17. The maximum Gasteiger partial charge on any atom is 0.240 e. The third kappa shape index (κ3) is 3.92. The number of amides is 1. The molecule has 6 heteroatoms. The first-order valence-corrected chi connectivity index (χ1v) is 7.59. The number of hydrogen-bond donors (Lipinski definition) is 2. The number of nitriles is 1. The fraction of sp³-hybridized carbons (Fsp3) is 0.294. The fourth-order valence-electron chi connectivity index (χ4n) is 2.20. The number of rotatable bonds is 5. The number of carbonyl (C=O) groups excluding carboxylic acids is 1. The molecule has 2 N–H and O–H groups in total. The molecule has 0 spiro atoms. The zero-order chi connectivity index (χ0) is 17.0. The first-order chi connectivity index (χ1) is 10.9. The van der Waals surface area contributed by atoms with Crippen LogP contribution in [0.4, 0.5) is 5.88 Å². The number of hydrogen-bond acceptors (Lipinski definition) is 4. The molecule has 1 atom stereocenters. The van der Waals surface area contributed by atoms with Gasteiger partial charge in [-0.05, 0) is 32.4 Å². The van der Waals surface area contributed by atoms with Gasteiger partial charge >= 0.3 is 0 Å². The van der Waals surface area contributed by atoms with Crippen LogP contribution in [0.1, 0.15) is 35.4 Å². The van der Waals surface area contributed by atoms with E-state index in [4.69, 9.17) is 21.3 Å². The fourth-order valence-corrected chi connectivity index (χ4v) is 2.50. The zero-order valence-electron chi connectivity index (χ0n) is 13.2. The molecule has 2 aromatic rings. The van der Waals surface area contributed by atoms with Gasteiger partial charge < -0.3 is 9.73 Å². The number of furan rings is 1. The van der Waals surface area contributed by atoms with Gasteiger partial charge in [0.05, 0.1) is 6.54 Å². The Kier molecular flexibility index (Phi) is 5.43. The van der Waals surface area contributed by atoms with Crippen molar-refractivity contribution in [1.29, 1.82) is 5.26 Å². The molecule has 2 rings (SSSR count). The predicted molar refractivity (Wildman–Crippen MR) is 89.4 cm³/mol. The molecule has 1 heterocycles. The number of anilines is 1. The highest BCUT2D eigenvalue weighted by atomic mass is 35.5. The lowest BCUT2D eigenvalue weighted by Crippen LogP contribution is -2.30. The van der Waals surface area contributed by atoms with Gasteiger partial charge in [0.25, 0.3) is 0 Å². The number of halogens is 1. The molecule has 1 amide bonds. The van der Waals surface area contributed by atoms with E-state index in [1.54, 1.807) is 13.8 Å². The highest BCUT2D eigenvalue weighted by molar-refractivity contribution is 6.31. The van der Waals surface area contributed by atoms with Gasteiger partial charge in [-0.2, -0.15) is 5.26 Å². The molecule has 0 aliphatic heterocycles. The standard InChI is InChI=1S/C17H18ClN3O2/c1-10-12(3)23-17(14(10)8-19)21-16(22)9-20-11(2)13-6-4-5-7-15(13)18/h4-7,11,20H,9H2,1-3H3,(H,21,22). The van der Waals surface area contributed by atoms with Crippen molar-refractivity contribution in [2.75, 3.05) is 11.9 Å². The average Bonchev–Trinajstić information content (AvgIpc) is 2.79. The molecule has 0 aliphatic rings. The Bertz CT molecular complexity index is 762. The molecular formula is C17H18ClN3O2. The number of carbonyl (C=O) groups is 1. The van der Waals surface area contributed by atoms with Gasteiger partial charge in [0.2, 0.25) is 11.8 Å². The summed E-state index contributed by atoms with van der Waals surface area (Å²) >= 11 is 6.13. The van der Waals surface area contributed by atoms with E-state index in [1.165, 1.54) is 0 Å². The quantitative estimate of drug-likeness (QED) is 0.875. The van der Waals surface area contributed by atoms with Crippen LogP contribution >= 0.6 is 11.6 Å². The molecule has 120 valence electrons. The monoisotopic (exact) mass is 331 g/mol. The first kappa shape index (κ1) is 17.1. The number of nitrogens with one attached hydrogen (secondary N) is 2. The molecule has 0 radical (unpaired) electrons. The van der Waals surface area contributed by atoms with Crippen LogP contribution in [0.2, 0.25) is 5.02 Å². The van der Waals surface area contributed by atoms with Crippen LogP contribution in [-0.2, 0) is 4.79 Å². The lowest BCUT2D eigenvalue weighted by molar-refractivity contribution is -0.115. The summed E-state index contributed by atoms with van der Waals surface area (Å²) in [6.07, 6.45) is 0. The molecular weight excluding hydrogens is 314 g/mol. The van der Waals surface area contributed by atoms with Crippen LogP contribution in [0.15, 0.2) is 28.7 Å². The molecule has 23 heavy (non-hydrogen) atoms. The number of benzene rings is 1. The second-order valence-electron chi connectivity index (χ2n) is 5.27. The third-order valence-corrected chi connectivity index (χ3v) is 4.03. The summed E-state index contributed by atoms with van der Waals surface area (Å²) in [6.45, 7) is 5.54. The Labute approximate surface area is 140 Å². The lowest BCUT2D eigenvalue weighted by atomic mass is 10.1. The van der Waals surface area contributed by atoms with Crippen molar-refractivity contribution >= 4 is 23.4 Å². The van der Waals surface area contributed by atoms with Gasteiger partial charge in [-0.3, -0.25) is 10.1 Å². The summed E-state index contributed by atoms with van der Waals surface area (Å²) in [6, 6.07) is 9.43. The van der Waals surface area contributed by atoms with Crippen LogP contribution in [0.3, 0.4) is 0 Å². The molecule has 5 nitrogen and oxygen atoms in total. The Morgan fingerprint density at radius 2 is 2.09 bits per heavy atom. The van der Waals surface area contributed by atoms with Gasteiger partial charge in [-0.15, -0.1) is 0 Å². The first-order valence-electron chi connectivity index (χ1n) is 7.21. The molecule has 0 fully saturated rings. The Hall–Kier alpha value is -2.29. The summed E-state index contributed by atoms with van der Waals surface area (Å²) in [5.74, 6) is 0.531. The van der Waals surface area contributed by atoms with E-state index < -0.39 is 0 Å². The number of aryl methyl sites for hydroxylation is 1. The topological polar surface area (TPSA) is 78.1 Å². The number of nitrogens with zero attached hydrogens (tertiary/aromatic N) is 1. The molecule has 0 bridgehead atoms. The van der Waals surface area contributed by atoms with Gasteiger partial charge in [0.1, 0.15) is 17.4 Å². The summed E-state index contributed by atoms with van der Waals surface area (Å²) in [5, 5.41) is 15.5. The van der Waals surface area contributed by atoms with Crippen LogP contribution in [0.25, 0.3) is 0 Å². The van der Waals surface area contributed by atoms with Crippen LogP contribution in [-0.4, -0.2) is 12.5 Å². The van der Waals surface area contributed by atoms with Gasteiger partial charge in [-0.25, -0.2) is 0 Å². The van der Waals surface area contributed by atoms with E-state index in [0.29, 0.717) is 16.3 Å². The SMILES string of the molecule is Cc1oc(NC(=O)CNC(C)c2ccccc2Cl)c(C#N)c1C. The van der Waals surface area contributed by atoms with Crippen molar-refractivity contribution in [2.24, 2.45) is 0 Å². The van der Waals surface area contributed by atoms with E-state index in [2.05, 4.69) is 10.6 Å². The normalized spacial score (nSPS) is 11.8. The van der Waals surface area contributed by atoms with Crippen LogP contribution in [0.5, 0.6) is 0 Å². The summed E-state index contributed by atoms with van der Waals surface area (Å²) in [4.78, 5) is 12.0. The van der Waals surface area contributed by atoms with Crippen molar-refractivity contribution in [3.63, 3.8) is 0 Å². The van der Waals surface area contributed by atoms with Gasteiger partial charge in [-0.1, -0.05) is 29.8 Å². The minimum atomic E-state index is -0.283. The summed E-state index contributed by atoms with van der Waals surface area (Å²) in [7, 11) is 0. The van der Waals surface area contributed by atoms with Crippen molar-refractivity contribution in [1.82, 2.24) is 5.32 Å². The zero-order valence-corrected chi connectivity index (χ0v) is 14.0. The van der Waals surface area contributed by atoms with E-state index in [0.717, 1.165) is 11.1 Å². The van der Waals surface area contributed by atoms with E-state index >= 15 is 0 Å². The molecule has 0 saturated carbocycles. The second kappa shape index (κ2) is 7.32. The molecule has 1 unspecified atom stereocenters. The summed E-state index contributed by atoms with van der Waals surface area (Å²) < 4.78 is 5.41. The molecule has 1 aromatic carbocycles. The van der Waals surface area contributed by atoms with E-state index in [-0.39, 0.29) is 24.4 Å². The van der Waals surface area contributed by atoms with Gasteiger partial charge in [0, 0.05) is 16.6 Å². The lowest BCUT2D eigenvalue weighted by Gasteiger charge is -2.15. The van der Waals surface area contributed by atoms with Crippen molar-refractivity contribution < 1.29 is 9.21 Å². The van der Waals surface area contributed by atoms with Crippen LogP contribution in [0, 0.1) is 25.2 Å². The predicted octanol–water partition coefficient (Wildman–Crippen LogP) is 3.71. The van der Waals surface area contributed by atoms with E-state index in [1.807, 2.05) is 37.3 Å². The average molecular weight is 332 g/mol. The molecule has 0 aliphatic carbocycles. The third-order valence-electron chi connectivity index (χ3n) is 3.69. The maximum atomic E-state index is 12.0. The Morgan fingerprint density at radius 3 is 2.74 bits per heavy atom. The Morgan fingerprint density at radius 1 is 1.39 bits per heavy atom. The van der Waals surface area contributed by atoms with Crippen molar-refractivity contribution in [3.05, 3.63) is 51.7 Å². The van der Waals surface area contributed by atoms with Crippen molar-refractivity contribution in [3.8, 4) is 6.07 Å². The second-order valence-corrected chi connectivity index (χ2v) is 5.68. The van der Waals surface area contributed by atoms with Crippen LogP contribution < -0.4 is 10.6 Å². The van der Waals surface area contributed by atoms with Crippen molar-refractivity contribution in [2.45, 2.75) is 26.8 Å². The van der Waals surface area contributed by atoms with E-state index in [9.17, 15) is 4.79 Å². The highest BCUT2D eigenvalue weighted by Crippen LogP contribution is 2.25. The minimum absolute atomic E-state index is 0.0787. The minimum Gasteiger partial charge on any atom is -0.444 e.